The second-order valence-electron chi connectivity index (χ2n) is 5.72. The molecule has 5 heteroatoms. The number of anilines is 1. The van der Waals surface area contributed by atoms with Crippen molar-refractivity contribution in [1.29, 1.82) is 0 Å². The summed E-state index contributed by atoms with van der Waals surface area (Å²) < 4.78 is 0. The van der Waals surface area contributed by atoms with Crippen LogP contribution < -0.4 is 5.73 Å². The maximum absolute atomic E-state index is 10.4. The molecule has 19 heavy (non-hydrogen) atoms. The summed E-state index contributed by atoms with van der Waals surface area (Å²) >= 11 is 1.56. The summed E-state index contributed by atoms with van der Waals surface area (Å²) in [5.41, 5.74) is 8.03. The van der Waals surface area contributed by atoms with E-state index in [-0.39, 0.29) is 5.41 Å². The van der Waals surface area contributed by atoms with E-state index in [1.54, 1.807) is 17.5 Å². The van der Waals surface area contributed by atoms with Gasteiger partial charge in [-0.2, -0.15) is 0 Å². The molecule has 2 heterocycles. The van der Waals surface area contributed by atoms with E-state index >= 15 is 0 Å². The zero-order valence-electron chi connectivity index (χ0n) is 11.6. The zero-order chi connectivity index (χ0) is 14.2. The maximum atomic E-state index is 10.4. The molecule has 0 saturated carbocycles. The molecule has 0 bridgehead atoms. The second kappa shape index (κ2) is 4.90. The number of aliphatic hydroxyl groups is 1. The third kappa shape index (κ3) is 2.93. The molecule has 0 spiro atoms. The first kappa shape index (κ1) is 14.0. The number of nitrogens with two attached hydrogens (primary N) is 1. The number of aromatic nitrogens is 2. The molecule has 2 rings (SSSR count). The SMILES string of the molecule is Cc1cnc(N)c(C(O)c2csc(C(C)(C)C)n2)c1. The van der Waals surface area contributed by atoms with Crippen molar-refractivity contribution in [1.82, 2.24) is 9.97 Å². The number of aliphatic hydroxyl groups excluding tert-OH is 1. The molecule has 102 valence electrons. The first-order chi connectivity index (χ1) is 8.79. The summed E-state index contributed by atoms with van der Waals surface area (Å²) in [5, 5.41) is 13.3. The van der Waals surface area contributed by atoms with Gasteiger partial charge in [0.15, 0.2) is 0 Å². The van der Waals surface area contributed by atoms with Gasteiger partial charge in [-0.25, -0.2) is 9.97 Å². The van der Waals surface area contributed by atoms with E-state index in [1.165, 1.54) is 0 Å². The number of rotatable bonds is 2. The van der Waals surface area contributed by atoms with Crippen LogP contribution in [-0.2, 0) is 5.41 Å². The number of hydrogen-bond donors (Lipinski definition) is 2. The minimum atomic E-state index is -0.820. The smallest absolute Gasteiger partial charge is 0.129 e. The molecule has 0 aromatic carbocycles. The van der Waals surface area contributed by atoms with Crippen LogP contribution in [0.2, 0.25) is 0 Å². The molecule has 0 aliphatic carbocycles. The highest BCUT2D eigenvalue weighted by molar-refractivity contribution is 7.09. The predicted molar refractivity (Wildman–Crippen MR) is 78.3 cm³/mol. The fraction of sp³-hybridized carbons (Fsp3) is 0.429. The van der Waals surface area contributed by atoms with E-state index in [0.29, 0.717) is 17.1 Å². The normalized spacial score (nSPS) is 13.5. The Hall–Kier alpha value is -1.46. The van der Waals surface area contributed by atoms with Gasteiger partial charge in [0.1, 0.15) is 11.9 Å². The quantitative estimate of drug-likeness (QED) is 0.885. The van der Waals surface area contributed by atoms with Gasteiger partial charge < -0.3 is 10.8 Å². The lowest BCUT2D eigenvalue weighted by atomic mass is 9.98. The lowest BCUT2D eigenvalue weighted by Gasteiger charge is -2.14. The van der Waals surface area contributed by atoms with Crippen LogP contribution in [0.4, 0.5) is 5.82 Å². The molecule has 4 nitrogen and oxygen atoms in total. The van der Waals surface area contributed by atoms with Crippen molar-refractivity contribution in [3.05, 3.63) is 39.5 Å². The number of nitrogen functional groups attached to an aromatic ring is 1. The van der Waals surface area contributed by atoms with E-state index < -0.39 is 6.10 Å². The van der Waals surface area contributed by atoms with Gasteiger partial charge in [-0.05, 0) is 18.6 Å². The van der Waals surface area contributed by atoms with Gasteiger partial charge >= 0.3 is 0 Å². The summed E-state index contributed by atoms with van der Waals surface area (Å²) in [6.45, 7) is 8.23. The molecule has 2 aromatic rings. The molecule has 0 aliphatic heterocycles. The molecular weight excluding hydrogens is 258 g/mol. The number of hydrogen-bond acceptors (Lipinski definition) is 5. The van der Waals surface area contributed by atoms with Crippen LogP contribution >= 0.6 is 11.3 Å². The van der Waals surface area contributed by atoms with Crippen molar-refractivity contribution in [2.24, 2.45) is 0 Å². The zero-order valence-corrected chi connectivity index (χ0v) is 12.5. The van der Waals surface area contributed by atoms with Crippen molar-refractivity contribution >= 4 is 17.2 Å². The Morgan fingerprint density at radius 3 is 2.63 bits per heavy atom. The fourth-order valence-corrected chi connectivity index (χ4v) is 2.66. The van der Waals surface area contributed by atoms with Crippen molar-refractivity contribution in [2.45, 2.75) is 39.2 Å². The van der Waals surface area contributed by atoms with E-state index in [2.05, 4.69) is 30.7 Å². The van der Waals surface area contributed by atoms with Gasteiger partial charge in [-0.15, -0.1) is 11.3 Å². The Labute approximate surface area is 117 Å². The topological polar surface area (TPSA) is 72.0 Å². The summed E-state index contributed by atoms with van der Waals surface area (Å²) in [5.74, 6) is 0.350. The number of aryl methyl sites for hydroxylation is 1. The molecule has 0 aliphatic rings. The Morgan fingerprint density at radius 1 is 1.37 bits per heavy atom. The van der Waals surface area contributed by atoms with E-state index in [4.69, 9.17) is 5.73 Å². The van der Waals surface area contributed by atoms with Crippen LogP contribution in [-0.4, -0.2) is 15.1 Å². The highest BCUT2D eigenvalue weighted by Gasteiger charge is 2.22. The Morgan fingerprint density at radius 2 is 2.05 bits per heavy atom. The molecule has 1 unspecified atom stereocenters. The van der Waals surface area contributed by atoms with Crippen LogP contribution in [0, 0.1) is 6.92 Å². The molecular formula is C14H19N3OS. The molecule has 0 fully saturated rings. The van der Waals surface area contributed by atoms with Crippen molar-refractivity contribution < 1.29 is 5.11 Å². The van der Waals surface area contributed by atoms with Gasteiger partial charge in [0.2, 0.25) is 0 Å². The van der Waals surface area contributed by atoms with Crippen molar-refractivity contribution in [3.8, 4) is 0 Å². The monoisotopic (exact) mass is 277 g/mol. The van der Waals surface area contributed by atoms with Crippen molar-refractivity contribution in [3.63, 3.8) is 0 Å². The number of thiazole rings is 1. The summed E-state index contributed by atoms with van der Waals surface area (Å²) in [6, 6.07) is 1.85. The summed E-state index contributed by atoms with van der Waals surface area (Å²) in [7, 11) is 0. The van der Waals surface area contributed by atoms with Gasteiger partial charge in [0, 0.05) is 22.6 Å². The largest absolute Gasteiger partial charge is 0.383 e. The van der Waals surface area contributed by atoms with Gasteiger partial charge in [-0.1, -0.05) is 20.8 Å². The second-order valence-corrected chi connectivity index (χ2v) is 6.58. The minimum Gasteiger partial charge on any atom is -0.383 e. The number of nitrogens with zero attached hydrogens (tertiary/aromatic N) is 2. The highest BCUT2D eigenvalue weighted by atomic mass is 32.1. The Kier molecular flexibility index (Phi) is 3.60. The van der Waals surface area contributed by atoms with Crippen LogP contribution in [0.15, 0.2) is 17.6 Å². The van der Waals surface area contributed by atoms with Crippen LogP contribution in [0.1, 0.15) is 48.7 Å². The van der Waals surface area contributed by atoms with E-state index in [9.17, 15) is 5.11 Å². The summed E-state index contributed by atoms with van der Waals surface area (Å²) in [4.78, 5) is 8.59. The first-order valence-corrected chi connectivity index (χ1v) is 7.03. The third-order valence-corrected chi connectivity index (χ3v) is 4.11. The van der Waals surface area contributed by atoms with Crippen LogP contribution in [0.3, 0.4) is 0 Å². The van der Waals surface area contributed by atoms with Crippen LogP contribution in [0.25, 0.3) is 0 Å². The van der Waals surface area contributed by atoms with Crippen LogP contribution in [0.5, 0.6) is 0 Å². The summed E-state index contributed by atoms with van der Waals surface area (Å²) in [6.07, 6.45) is 0.868. The average Bonchev–Trinajstić information content (AvgIpc) is 2.80. The van der Waals surface area contributed by atoms with Gasteiger partial charge in [0.05, 0.1) is 10.7 Å². The highest BCUT2D eigenvalue weighted by Crippen LogP contribution is 2.31. The van der Waals surface area contributed by atoms with E-state index in [0.717, 1.165) is 10.6 Å². The standard InChI is InChI=1S/C14H19N3OS/c1-8-5-9(12(15)16-6-8)11(18)10-7-19-13(17-10)14(2,3)4/h5-7,11,18H,1-4H3,(H2,15,16). The molecule has 2 aromatic heterocycles. The third-order valence-electron chi connectivity index (χ3n) is 2.82. The molecule has 0 amide bonds. The first-order valence-electron chi connectivity index (χ1n) is 6.15. The molecule has 1 atom stereocenters. The Balaban J connectivity index is 2.36. The average molecular weight is 277 g/mol. The van der Waals surface area contributed by atoms with Crippen molar-refractivity contribution in [2.75, 3.05) is 5.73 Å². The maximum Gasteiger partial charge on any atom is 0.129 e. The lowest BCUT2D eigenvalue weighted by Crippen LogP contribution is -2.12. The van der Waals surface area contributed by atoms with Gasteiger partial charge in [-0.3, -0.25) is 0 Å². The van der Waals surface area contributed by atoms with Gasteiger partial charge in [0.25, 0.3) is 0 Å². The predicted octanol–water partition coefficient (Wildman–Crippen LogP) is 2.81. The number of pyridine rings is 1. The Bertz CT molecular complexity index is 587. The molecule has 3 N–H and O–H groups in total. The molecule has 0 saturated heterocycles. The lowest BCUT2D eigenvalue weighted by molar-refractivity contribution is 0.216. The molecule has 0 radical (unpaired) electrons. The van der Waals surface area contributed by atoms with E-state index in [1.807, 2.05) is 18.4 Å². The minimum absolute atomic E-state index is 0.0148. The fourth-order valence-electron chi connectivity index (χ4n) is 1.74.